The van der Waals surface area contributed by atoms with Crippen LogP contribution in [0, 0.1) is 0 Å². The van der Waals surface area contributed by atoms with Gasteiger partial charge in [0, 0.05) is 22.8 Å². The fraction of sp³-hybridized carbons (Fsp3) is 0.0556. The van der Waals surface area contributed by atoms with E-state index < -0.39 is 0 Å². The van der Waals surface area contributed by atoms with Gasteiger partial charge < -0.3 is 9.72 Å². The molecule has 0 bridgehead atoms. The molecule has 23 heavy (non-hydrogen) atoms. The van der Waals surface area contributed by atoms with Crippen molar-refractivity contribution in [2.24, 2.45) is 0 Å². The fourth-order valence-electron chi connectivity index (χ4n) is 2.63. The maximum Gasteiger partial charge on any atom is 0.160 e. The molecular weight excluding hydrogens is 288 g/mol. The molecule has 1 N–H and O–H groups in total. The van der Waals surface area contributed by atoms with E-state index in [1.54, 1.807) is 19.5 Å². The van der Waals surface area contributed by atoms with Crippen LogP contribution in [0.25, 0.3) is 33.5 Å². The Balaban J connectivity index is 1.86. The molecule has 0 saturated heterocycles. The van der Waals surface area contributed by atoms with Crippen molar-refractivity contribution in [2.75, 3.05) is 7.11 Å². The first-order chi connectivity index (χ1) is 11.3. The number of aromatic amines is 1. The van der Waals surface area contributed by atoms with Crippen molar-refractivity contribution >= 4 is 11.0 Å². The number of fused-ring (bicyclic) bond motifs is 1. The third kappa shape index (κ3) is 2.42. The second-order valence-corrected chi connectivity index (χ2v) is 5.15. The van der Waals surface area contributed by atoms with Crippen molar-refractivity contribution < 1.29 is 4.74 Å². The summed E-state index contributed by atoms with van der Waals surface area (Å²) in [6, 6.07) is 15.9. The largest absolute Gasteiger partial charge is 0.496 e. The van der Waals surface area contributed by atoms with Crippen LogP contribution < -0.4 is 4.74 Å². The van der Waals surface area contributed by atoms with Gasteiger partial charge in [-0.3, -0.25) is 4.98 Å². The highest BCUT2D eigenvalue weighted by Crippen LogP contribution is 2.33. The maximum absolute atomic E-state index is 5.48. The van der Waals surface area contributed by atoms with Gasteiger partial charge in [0.1, 0.15) is 5.75 Å². The predicted molar refractivity (Wildman–Crippen MR) is 89.1 cm³/mol. The first-order valence-electron chi connectivity index (χ1n) is 7.25. The van der Waals surface area contributed by atoms with E-state index in [9.17, 15) is 0 Å². The lowest BCUT2D eigenvalue weighted by Gasteiger charge is -2.09. The van der Waals surface area contributed by atoms with E-state index in [0.29, 0.717) is 0 Å². The zero-order chi connectivity index (χ0) is 15.6. The SMILES string of the molecule is COc1ccc(-c2cc3ccnnc3[nH]2)cc1-c1ccccn1. The number of methoxy groups -OCH3 is 1. The molecule has 3 aromatic heterocycles. The van der Waals surface area contributed by atoms with Crippen molar-refractivity contribution in [1.82, 2.24) is 20.2 Å². The Kier molecular flexibility index (Phi) is 3.24. The quantitative estimate of drug-likeness (QED) is 0.627. The first kappa shape index (κ1) is 13.5. The van der Waals surface area contributed by atoms with Crippen molar-refractivity contribution in [3.63, 3.8) is 0 Å². The molecule has 5 heteroatoms. The molecule has 0 aliphatic heterocycles. The van der Waals surface area contributed by atoms with Crippen LogP contribution in [-0.2, 0) is 0 Å². The predicted octanol–water partition coefficient (Wildman–Crippen LogP) is 3.70. The number of hydrogen-bond donors (Lipinski definition) is 1. The number of nitrogens with zero attached hydrogens (tertiary/aromatic N) is 3. The van der Waals surface area contributed by atoms with E-state index in [4.69, 9.17) is 4.74 Å². The lowest BCUT2D eigenvalue weighted by atomic mass is 10.0. The number of nitrogens with one attached hydrogen (secondary N) is 1. The second-order valence-electron chi connectivity index (χ2n) is 5.15. The zero-order valence-electron chi connectivity index (χ0n) is 12.5. The van der Waals surface area contributed by atoms with Crippen LogP contribution >= 0.6 is 0 Å². The van der Waals surface area contributed by atoms with Gasteiger partial charge in [0.2, 0.25) is 0 Å². The zero-order valence-corrected chi connectivity index (χ0v) is 12.5. The minimum atomic E-state index is 0.776. The molecule has 112 valence electrons. The standard InChI is InChI=1S/C18H14N4O/c1-23-17-6-5-12(10-14(17)15-4-2-3-8-19-15)16-11-13-7-9-20-22-18(13)21-16/h2-11H,1H3,(H,21,22). The minimum Gasteiger partial charge on any atom is -0.496 e. The van der Waals surface area contributed by atoms with E-state index in [0.717, 1.165) is 39.3 Å². The molecule has 0 radical (unpaired) electrons. The average molecular weight is 302 g/mol. The topological polar surface area (TPSA) is 63.7 Å². The first-order valence-corrected chi connectivity index (χ1v) is 7.25. The van der Waals surface area contributed by atoms with E-state index in [1.165, 1.54) is 0 Å². The Morgan fingerprint density at radius 2 is 1.96 bits per heavy atom. The number of rotatable bonds is 3. The summed E-state index contributed by atoms with van der Waals surface area (Å²) in [6.45, 7) is 0. The van der Waals surface area contributed by atoms with Gasteiger partial charge in [-0.15, -0.1) is 5.10 Å². The lowest BCUT2D eigenvalue weighted by Crippen LogP contribution is -1.91. The van der Waals surface area contributed by atoms with Gasteiger partial charge in [-0.1, -0.05) is 6.07 Å². The number of benzene rings is 1. The Labute approximate surface area is 133 Å². The molecule has 0 unspecified atom stereocenters. The highest BCUT2D eigenvalue weighted by Gasteiger charge is 2.11. The summed E-state index contributed by atoms with van der Waals surface area (Å²) in [4.78, 5) is 7.72. The van der Waals surface area contributed by atoms with Crippen LogP contribution in [0.5, 0.6) is 5.75 Å². The van der Waals surface area contributed by atoms with E-state index in [2.05, 4.69) is 32.3 Å². The van der Waals surface area contributed by atoms with Crippen molar-refractivity contribution in [1.29, 1.82) is 0 Å². The van der Waals surface area contributed by atoms with Gasteiger partial charge in [0.25, 0.3) is 0 Å². The highest BCUT2D eigenvalue weighted by molar-refractivity contribution is 5.84. The Hall–Kier alpha value is -3.21. The van der Waals surface area contributed by atoms with Crippen LogP contribution in [-0.4, -0.2) is 27.3 Å². The molecule has 0 atom stereocenters. The van der Waals surface area contributed by atoms with Gasteiger partial charge in [0.05, 0.1) is 19.0 Å². The highest BCUT2D eigenvalue weighted by atomic mass is 16.5. The number of aromatic nitrogens is 4. The Morgan fingerprint density at radius 1 is 1.00 bits per heavy atom. The van der Waals surface area contributed by atoms with Crippen molar-refractivity contribution in [3.8, 4) is 28.3 Å². The minimum absolute atomic E-state index is 0.776. The molecule has 3 heterocycles. The van der Waals surface area contributed by atoms with E-state index in [1.807, 2.05) is 36.4 Å². The molecule has 4 rings (SSSR count). The summed E-state index contributed by atoms with van der Waals surface area (Å²) in [5, 5.41) is 9.03. The molecule has 0 amide bonds. The Morgan fingerprint density at radius 3 is 2.74 bits per heavy atom. The summed E-state index contributed by atoms with van der Waals surface area (Å²) in [7, 11) is 1.67. The van der Waals surface area contributed by atoms with Crippen molar-refractivity contribution in [2.45, 2.75) is 0 Å². The van der Waals surface area contributed by atoms with Gasteiger partial charge >= 0.3 is 0 Å². The molecule has 0 spiro atoms. The summed E-state index contributed by atoms with van der Waals surface area (Å²) < 4.78 is 5.48. The molecule has 1 aromatic carbocycles. The number of ether oxygens (including phenoxy) is 1. The van der Waals surface area contributed by atoms with Gasteiger partial charge in [-0.2, -0.15) is 5.10 Å². The normalized spacial score (nSPS) is 10.8. The molecule has 0 aliphatic carbocycles. The lowest BCUT2D eigenvalue weighted by molar-refractivity contribution is 0.416. The summed E-state index contributed by atoms with van der Waals surface area (Å²) in [6.07, 6.45) is 3.47. The summed E-state index contributed by atoms with van der Waals surface area (Å²) in [5.74, 6) is 0.795. The molecule has 4 aromatic rings. The van der Waals surface area contributed by atoms with Gasteiger partial charge in [-0.25, -0.2) is 0 Å². The van der Waals surface area contributed by atoms with Gasteiger partial charge in [0.15, 0.2) is 5.65 Å². The third-order valence-corrected chi connectivity index (χ3v) is 3.76. The molecule has 0 fully saturated rings. The van der Waals surface area contributed by atoms with Crippen LogP contribution in [0.1, 0.15) is 0 Å². The summed E-state index contributed by atoms with van der Waals surface area (Å²) >= 11 is 0. The summed E-state index contributed by atoms with van der Waals surface area (Å²) in [5.41, 5.74) is 4.64. The molecule has 0 aliphatic rings. The van der Waals surface area contributed by atoms with E-state index >= 15 is 0 Å². The van der Waals surface area contributed by atoms with Crippen LogP contribution in [0.4, 0.5) is 0 Å². The number of H-pyrrole nitrogens is 1. The van der Waals surface area contributed by atoms with Crippen molar-refractivity contribution in [3.05, 3.63) is 60.9 Å². The number of hydrogen-bond acceptors (Lipinski definition) is 4. The Bertz CT molecular complexity index is 930. The van der Waals surface area contributed by atoms with E-state index in [-0.39, 0.29) is 0 Å². The molecular formula is C18H14N4O. The smallest absolute Gasteiger partial charge is 0.160 e. The molecule has 0 saturated carbocycles. The third-order valence-electron chi connectivity index (χ3n) is 3.76. The monoisotopic (exact) mass is 302 g/mol. The second kappa shape index (κ2) is 5.53. The van der Waals surface area contributed by atoms with Crippen LogP contribution in [0.15, 0.2) is 60.9 Å². The molecule has 5 nitrogen and oxygen atoms in total. The average Bonchev–Trinajstić information content (AvgIpc) is 3.06. The fourth-order valence-corrected chi connectivity index (χ4v) is 2.63. The maximum atomic E-state index is 5.48. The van der Waals surface area contributed by atoms with Gasteiger partial charge in [-0.05, 0) is 48.0 Å². The number of pyridine rings is 1. The van der Waals surface area contributed by atoms with Crippen LogP contribution in [0.2, 0.25) is 0 Å². The van der Waals surface area contributed by atoms with Crippen LogP contribution in [0.3, 0.4) is 0 Å².